The molecule has 5 rings (SSSR count). The third-order valence-electron chi connectivity index (χ3n) is 10.2. The molecule has 276 valence electrons. The lowest BCUT2D eigenvalue weighted by atomic mass is 9.99. The van der Waals surface area contributed by atoms with Gasteiger partial charge in [0.25, 0.3) is 0 Å². The Balaban J connectivity index is 2.36. The van der Waals surface area contributed by atoms with Crippen LogP contribution in [-0.4, -0.2) is 38.8 Å². The topological polar surface area (TPSA) is 214 Å². The number of aromatic amines is 2. The van der Waals surface area contributed by atoms with E-state index in [1.54, 1.807) is 23.0 Å². The summed E-state index contributed by atoms with van der Waals surface area (Å²) >= 11 is 0. The van der Waals surface area contributed by atoms with E-state index in [2.05, 4.69) is 9.97 Å². The molecule has 4 aromatic rings. The smallest absolute Gasteiger partial charge is 0.316 e. The van der Waals surface area contributed by atoms with Gasteiger partial charge < -0.3 is 19.1 Å². The fourth-order valence-corrected chi connectivity index (χ4v) is 8.34. The molecule has 5 heterocycles. The van der Waals surface area contributed by atoms with Crippen LogP contribution in [0.3, 0.4) is 0 Å². The van der Waals surface area contributed by atoms with Crippen molar-refractivity contribution in [2.24, 2.45) is 0 Å². The van der Waals surface area contributed by atoms with Gasteiger partial charge >= 0.3 is 22.8 Å². The molecule has 0 aromatic carbocycles. The molecule has 0 radical (unpaired) electrons. The highest BCUT2D eigenvalue weighted by atomic mass is 16.6. The van der Waals surface area contributed by atoms with Crippen molar-refractivity contribution in [2.45, 2.75) is 107 Å². The van der Waals surface area contributed by atoms with Crippen LogP contribution < -0.4 is 21.4 Å². The van der Waals surface area contributed by atoms with E-state index in [9.17, 15) is 40.5 Å². The van der Waals surface area contributed by atoms with Crippen LogP contribution in [0.25, 0.3) is 22.8 Å². The van der Waals surface area contributed by atoms with Crippen LogP contribution in [0.2, 0.25) is 0 Å². The maximum atomic E-state index is 13.4. The fraction of sp³-hybridized carbons (Fsp3) is 0.444. The zero-order chi connectivity index (χ0) is 38.3. The Hall–Kier alpha value is -5.80. The number of nitro groups is 4. The molecule has 0 atom stereocenters. The first-order chi connectivity index (χ1) is 24.8. The molecule has 0 fully saturated rings. The number of nitrogens with zero attached hydrogens (tertiary/aromatic N) is 6. The van der Waals surface area contributed by atoms with Gasteiger partial charge in [-0.25, -0.2) is 0 Å². The van der Waals surface area contributed by atoms with Gasteiger partial charge in [0.15, 0.2) is 0 Å². The first-order valence-electron chi connectivity index (χ1n) is 17.8. The van der Waals surface area contributed by atoms with Crippen molar-refractivity contribution in [2.75, 3.05) is 0 Å². The van der Waals surface area contributed by atoms with Gasteiger partial charge in [0.1, 0.15) is 44.2 Å². The number of aromatic nitrogens is 4. The molecule has 1 aliphatic rings. The minimum atomic E-state index is -0.558. The van der Waals surface area contributed by atoms with E-state index in [1.165, 1.54) is 12.1 Å². The minimum Gasteiger partial charge on any atom is -0.344 e. The standard InChI is InChI=1S/C36H44N8O8/c1-9-19-20(10-2)28-36(44(51)52)32-24(14-6)22(12-4)30(40(32)16-8)34(42(47)48)26-18-17-25(37-26)33(41(45)46)29-21(11-3)23(13-5)31(39(29)15-7)35(43(49)50)27(19)38-28/h17-18,37-38H,9-16H2,1-8H3. The highest BCUT2D eigenvalue weighted by Crippen LogP contribution is 2.35. The lowest BCUT2D eigenvalue weighted by molar-refractivity contribution is -0.378. The van der Waals surface area contributed by atoms with E-state index in [0.717, 1.165) is 0 Å². The maximum Gasteiger partial charge on any atom is 0.316 e. The molecule has 16 heteroatoms. The fourth-order valence-electron chi connectivity index (χ4n) is 8.34. The highest BCUT2D eigenvalue weighted by molar-refractivity contribution is 5.73. The second kappa shape index (κ2) is 14.4. The molecular formula is C36H44N8O8. The van der Waals surface area contributed by atoms with Crippen LogP contribution in [0.4, 0.5) is 0 Å². The average Bonchev–Trinajstić information content (AvgIpc) is 3.86. The average molecular weight is 717 g/mol. The molecule has 0 saturated heterocycles. The van der Waals surface area contributed by atoms with Gasteiger partial charge in [-0.2, -0.15) is 0 Å². The van der Waals surface area contributed by atoms with Gasteiger partial charge in [-0.15, -0.1) is 0 Å². The van der Waals surface area contributed by atoms with E-state index in [-0.39, 0.29) is 92.9 Å². The monoisotopic (exact) mass is 716 g/mol. The second-order valence-electron chi connectivity index (χ2n) is 12.5. The third-order valence-corrected chi connectivity index (χ3v) is 10.2. The van der Waals surface area contributed by atoms with Crippen molar-refractivity contribution < 1.29 is 19.7 Å². The molecule has 0 unspecified atom stereocenters. The summed E-state index contributed by atoms with van der Waals surface area (Å²) in [4.78, 5) is 57.0. The number of hydrogen-bond acceptors (Lipinski definition) is 8. The molecule has 0 amide bonds. The van der Waals surface area contributed by atoms with Crippen LogP contribution in [0.15, 0.2) is 12.1 Å². The van der Waals surface area contributed by atoms with Crippen LogP contribution in [0, 0.1) is 40.5 Å². The minimum absolute atomic E-state index is 0.0176. The van der Waals surface area contributed by atoms with Crippen molar-refractivity contribution in [1.29, 1.82) is 0 Å². The molecule has 0 spiro atoms. The lowest BCUT2D eigenvalue weighted by Gasteiger charge is -2.10. The van der Waals surface area contributed by atoms with Crippen LogP contribution >= 0.6 is 0 Å². The van der Waals surface area contributed by atoms with Gasteiger partial charge in [-0.3, -0.25) is 40.5 Å². The molecule has 0 aliphatic carbocycles. The molecule has 8 bridgehead atoms. The first-order valence-corrected chi connectivity index (χ1v) is 17.8. The maximum absolute atomic E-state index is 13.4. The summed E-state index contributed by atoms with van der Waals surface area (Å²) in [5.41, 5.74) is 2.44. The normalized spacial score (nSPS) is 12.9. The van der Waals surface area contributed by atoms with E-state index < -0.39 is 19.7 Å². The summed E-state index contributed by atoms with van der Waals surface area (Å²) in [5.74, 6) is 0. The van der Waals surface area contributed by atoms with Gasteiger partial charge in [0, 0.05) is 13.1 Å². The lowest BCUT2D eigenvalue weighted by Crippen LogP contribution is -2.27. The molecule has 16 nitrogen and oxygen atoms in total. The van der Waals surface area contributed by atoms with Crippen LogP contribution in [0.1, 0.15) is 112 Å². The largest absolute Gasteiger partial charge is 0.344 e. The van der Waals surface area contributed by atoms with Gasteiger partial charge in [-0.1, -0.05) is 41.5 Å². The summed E-state index contributed by atoms with van der Waals surface area (Å²) in [5, 5.41) is 53.2. The van der Waals surface area contributed by atoms with Gasteiger partial charge in [0.2, 0.25) is 0 Å². The second-order valence-corrected chi connectivity index (χ2v) is 12.5. The molecule has 2 N–H and O–H groups in total. The molecule has 1 aliphatic heterocycles. The SMILES string of the molecule is CCc1c(CC)c2n(CC)c1C([N+](=O)[O-])=c1ccc([nH]1)=C([N+](=O)[O-])c1c(CC)c(CC)c(n1CC)C([N+](=O)[O-])=c1[nH]c(c(CC)c1CC)=C2[N+](=O)[O-]. The number of fused-ring (bicyclic) bond motifs is 8. The summed E-state index contributed by atoms with van der Waals surface area (Å²) in [6.45, 7) is 14.6. The highest BCUT2D eigenvalue weighted by Gasteiger charge is 2.39. The third kappa shape index (κ3) is 5.43. The van der Waals surface area contributed by atoms with Crippen molar-refractivity contribution in [3.63, 3.8) is 0 Å². The Morgan fingerprint density at radius 2 is 0.712 bits per heavy atom. The number of rotatable bonds is 12. The van der Waals surface area contributed by atoms with E-state index >= 15 is 0 Å². The Bertz CT molecular complexity index is 2260. The zero-order valence-corrected chi connectivity index (χ0v) is 30.8. The molecule has 0 saturated carbocycles. The zero-order valence-electron chi connectivity index (χ0n) is 30.8. The Kier molecular flexibility index (Phi) is 10.4. The van der Waals surface area contributed by atoms with Gasteiger partial charge in [-0.05, 0) is 97.9 Å². The number of hydrogen-bond donors (Lipinski definition) is 2. The van der Waals surface area contributed by atoms with Gasteiger partial charge in [0.05, 0.1) is 19.7 Å². The Morgan fingerprint density at radius 1 is 0.442 bits per heavy atom. The van der Waals surface area contributed by atoms with E-state index in [0.29, 0.717) is 59.1 Å². The Morgan fingerprint density at radius 3 is 0.942 bits per heavy atom. The predicted molar refractivity (Wildman–Crippen MR) is 195 cm³/mol. The molecule has 4 aromatic heterocycles. The quantitative estimate of drug-likeness (QED) is 0.163. The van der Waals surface area contributed by atoms with Crippen molar-refractivity contribution in [3.8, 4) is 0 Å². The van der Waals surface area contributed by atoms with Crippen LogP contribution in [0.5, 0.6) is 0 Å². The van der Waals surface area contributed by atoms with Crippen molar-refractivity contribution >= 4 is 22.8 Å². The first kappa shape index (κ1) is 37.5. The Labute approximate surface area is 298 Å². The molecule has 52 heavy (non-hydrogen) atoms. The van der Waals surface area contributed by atoms with E-state index in [4.69, 9.17) is 0 Å². The van der Waals surface area contributed by atoms with Crippen molar-refractivity contribution in [3.05, 3.63) is 130 Å². The van der Waals surface area contributed by atoms with E-state index in [1.807, 2.05) is 41.5 Å². The summed E-state index contributed by atoms with van der Waals surface area (Å²) in [6, 6.07) is 2.82. The van der Waals surface area contributed by atoms with Crippen LogP contribution in [-0.2, 0) is 51.6 Å². The molecular weight excluding hydrogens is 672 g/mol. The number of H-pyrrole nitrogens is 2. The summed E-state index contributed by atoms with van der Waals surface area (Å²) in [6.07, 6.45) is 1.76. The summed E-state index contributed by atoms with van der Waals surface area (Å²) in [7, 11) is 0. The predicted octanol–water partition coefficient (Wildman–Crippen LogP) is 3.41. The summed E-state index contributed by atoms with van der Waals surface area (Å²) < 4.78 is 3.14. The number of nitrogens with one attached hydrogen (secondary N) is 2. The van der Waals surface area contributed by atoms with Crippen molar-refractivity contribution in [1.82, 2.24) is 19.1 Å².